The van der Waals surface area contributed by atoms with E-state index in [1.54, 1.807) is 27.7 Å². The first-order valence-electron chi connectivity index (χ1n) is 22.6. The second-order valence-corrected chi connectivity index (χ2v) is 23.8. The van der Waals surface area contributed by atoms with Crippen molar-refractivity contribution < 1.29 is 37.1 Å². The van der Waals surface area contributed by atoms with Crippen LogP contribution in [0.1, 0.15) is 160 Å². The minimum Gasteiger partial charge on any atom is -0.454 e. The van der Waals surface area contributed by atoms with Gasteiger partial charge in [-0.3, -0.25) is 9.59 Å². The Morgan fingerprint density at radius 2 is 1.02 bits per heavy atom. The normalized spacial score (nSPS) is 19.5. The molecule has 336 valence electrons. The average molecular weight is 887 g/mol. The van der Waals surface area contributed by atoms with E-state index in [2.05, 4.69) is 38.1 Å². The maximum atomic E-state index is 13.0. The Labute approximate surface area is 368 Å². The van der Waals surface area contributed by atoms with Crippen LogP contribution < -0.4 is 0 Å². The van der Waals surface area contributed by atoms with E-state index >= 15 is 0 Å². The molecule has 8 rings (SSSR count). The minimum atomic E-state index is -3.40. The molecule has 4 N–H and O–H groups in total. The highest BCUT2D eigenvalue weighted by atomic mass is 32.2. The first-order valence-corrected chi connectivity index (χ1v) is 26.0. The molecule has 10 nitrogen and oxygen atoms in total. The largest absolute Gasteiger partial charge is 0.454 e. The van der Waals surface area contributed by atoms with E-state index in [4.69, 9.17) is 18.4 Å². The zero-order valence-electron chi connectivity index (χ0n) is 37.4. The van der Waals surface area contributed by atoms with E-state index in [1.807, 2.05) is 0 Å². The molecule has 4 aliphatic rings. The second-order valence-electron chi connectivity index (χ2n) is 19.7. The number of carbonyl (C=O) groups is 2. The van der Waals surface area contributed by atoms with Gasteiger partial charge in [-0.2, -0.15) is 0 Å². The van der Waals surface area contributed by atoms with Gasteiger partial charge in [-0.15, -0.1) is 0 Å². The SMILES string of the molecule is C[C@H](c1ccc2c(c1CC(=O)C[S@@](=N)(=O)c1cc(C(C)(C)O)co1)CCC2)C1CCC1.C[C@H](c1ccc2c(c1CC(=O)C[S@](=N)(=O)c1cc(C(C)(C)O)co1)CCC2)C1CCC1. The van der Waals surface area contributed by atoms with Crippen molar-refractivity contribution in [3.8, 4) is 0 Å². The molecule has 2 heterocycles. The summed E-state index contributed by atoms with van der Waals surface area (Å²) in [6.45, 7) is 10.9. The molecule has 0 spiro atoms. The lowest BCUT2D eigenvalue weighted by Crippen LogP contribution is -2.22. The van der Waals surface area contributed by atoms with Crippen LogP contribution >= 0.6 is 0 Å². The van der Waals surface area contributed by atoms with Crippen molar-refractivity contribution in [1.82, 2.24) is 0 Å². The van der Waals surface area contributed by atoms with Gasteiger partial charge in [0.2, 0.25) is 0 Å². The predicted octanol–water partition coefficient (Wildman–Crippen LogP) is 10.2. The predicted molar refractivity (Wildman–Crippen MR) is 242 cm³/mol. The number of carbonyl (C=O) groups excluding carboxylic acids is 2. The molecule has 2 aromatic heterocycles. The fourth-order valence-electron chi connectivity index (χ4n) is 9.89. The standard InChI is InChI=1S/2C25H33NO4S/c2*1-16(17-6-4-7-17)21-11-10-18-8-5-9-22(18)23(21)13-20(27)15-31(26,29)24-12-19(14-30-24)25(2,3)28/h2*10-12,14,16-17,26,28H,4-9,13,15H2,1-3H3/t16-,31+;16-,31-/m00/s1. The van der Waals surface area contributed by atoms with E-state index in [0.717, 1.165) is 49.7 Å². The van der Waals surface area contributed by atoms with Gasteiger partial charge >= 0.3 is 0 Å². The number of benzene rings is 2. The van der Waals surface area contributed by atoms with Gasteiger partial charge in [-0.05, 0) is 160 Å². The number of aryl methyl sites for hydroxylation is 2. The lowest BCUT2D eigenvalue weighted by molar-refractivity contribution is -0.116. The first kappa shape index (κ1) is 46.2. The zero-order chi connectivity index (χ0) is 44.8. The Bertz CT molecular complexity index is 2350. The summed E-state index contributed by atoms with van der Waals surface area (Å²) < 4.78 is 53.3. The third-order valence-electron chi connectivity index (χ3n) is 14.3. The number of fused-ring (bicyclic) bond motifs is 2. The van der Waals surface area contributed by atoms with Gasteiger partial charge in [-0.25, -0.2) is 18.0 Å². The molecule has 2 aromatic carbocycles. The smallest absolute Gasteiger partial charge is 0.199 e. The molecule has 0 unspecified atom stereocenters. The molecule has 4 aromatic rings. The van der Waals surface area contributed by atoms with Crippen LogP contribution in [0.25, 0.3) is 0 Å². The summed E-state index contributed by atoms with van der Waals surface area (Å²) >= 11 is 0. The number of furan rings is 2. The van der Waals surface area contributed by atoms with Crippen molar-refractivity contribution in [1.29, 1.82) is 9.56 Å². The van der Waals surface area contributed by atoms with Crippen LogP contribution in [0.3, 0.4) is 0 Å². The molecule has 12 heteroatoms. The van der Waals surface area contributed by atoms with Crippen molar-refractivity contribution in [2.45, 2.75) is 165 Å². The highest BCUT2D eigenvalue weighted by Gasteiger charge is 2.33. The molecule has 4 aliphatic carbocycles. The van der Waals surface area contributed by atoms with Gasteiger partial charge in [0.1, 0.15) is 19.5 Å². The quantitative estimate of drug-likeness (QED) is 0.0857. The van der Waals surface area contributed by atoms with Gasteiger partial charge in [0.15, 0.2) is 21.8 Å². The van der Waals surface area contributed by atoms with Gasteiger partial charge in [0.05, 0.1) is 35.2 Å². The zero-order valence-corrected chi connectivity index (χ0v) is 39.0. The van der Waals surface area contributed by atoms with Crippen molar-refractivity contribution in [2.75, 3.05) is 11.5 Å². The highest BCUT2D eigenvalue weighted by Crippen LogP contribution is 2.44. The van der Waals surface area contributed by atoms with Crippen molar-refractivity contribution >= 4 is 31.0 Å². The lowest BCUT2D eigenvalue weighted by Gasteiger charge is -2.33. The van der Waals surface area contributed by atoms with Gasteiger partial charge in [0.25, 0.3) is 0 Å². The van der Waals surface area contributed by atoms with E-state index < -0.39 is 30.7 Å². The Balaban J connectivity index is 0.000000186. The molecular formula is C50H66N2O8S2. The molecular weight excluding hydrogens is 821 g/mol. The highest BCUT2D eigenvalue weighted by molar-refractivity contribution is 7.93. The van der Waals surface area contributed by atoms with Crippen LogP contribution in [-0.2, 0) is 78.8 Å². The fourth-order valence-corrected chi connectivity index (χ4v) is 12.3. The maximum Gasteiger partial charge on any atom is 0.199 e. The second kappa shape index (κ2) is 18.0. The Morgan fingerprint density at radius 1 is 0.645 bits per heavy atom. The number of rotatable bonds is 16. The topological polar surface area (TPSA) is 183 Å². The van der Waals surface area contributed by atoms with Gasteiger partial charge in [0, 0.05) is 36.1 Å². The summed E-state index contributed by atoms with van der Waals surface area (Å²) in [6.07, 6.45) is 16.9. The Kier molecular flexibility index (Phi) is 13.4. The van der Waals surface area contributed by atoms with Crippen LogP contribution in [0, 0.1) is 21.4 Å². The third kappa shape index (κ3) is 10.1. The van der Waals surface area contributed by atoms with Crippen LogP contribution in [0.2, 0.25) is 0 Å². The number of hydrogen-bond acceptors (Lipinski definition) is 10. The van der Waals surface area contributed by atoms with Crippen molar-refractivity contribution in [3.05, 3.63) is 105 Å². The van der Waals surface area contributed by atoms with E-state index in [1.165, 1.54) is 96.6 Å². The van der Waals surface area contributed by atoms with Crippen molar-refractivity contribution in [2.24, 2.45) is 11.8 Å². The molecule has 2 saturated carbocycles. The van der Waals surface area contributed by atoms with Crippen molar-refractivity contribution in [3.63, 3.8) is 0 Å². The summed E-state index contributed by atoms with van der Waals surface area (Å²) in [7, 11) is -6.81. The van der Waals surface area contributed by atoms with Crippen LogP contribution in [0.5, 0.6) is 0 Å². The Morgan fingerprint density at radius 3 is 1.32 bits per heavy atom. The molecule has 62 heavy (non-hydrogen) atoms. The van der Waals surface area contributed by atoms with E-state index in [0.29, 0.717) is 34.8 Å². The lowest BCUT2D eigenvalue weighted by atomic mass is 9.72. The van der Waals surface area contributed by atoms with Crippen LogP contribution in [0.4, 0.5) is 0 Å². The average Bonchev–Trinajstić information content (AvgIpc) is 3.96. The number of nitrogens with one attached hydrogen (secondary N) is 2. The molecule has 0 bridgehead atoms. The summed E-state index contributed by atoms with van der Waals surface area (Å²) in [6, 6.07) is 11.7. The molecule has 0 saturated heterocycles. The van der Waals surface area contributed by atoms with E-state index in [9.17, 15) is 28.2 Å². The molecule has 0 radical (unpaired) electrons. The molecule has 0 amide bonds. The summed E-state index contributed by atoms with van der Waals surface area (Å²) in [5, 5.41) is 20.1. The first-order chi connectivity index (χ1) is 29.1. The summed E-state index contributed by atoms with van der Waals surface area (Å²) in [4.78, 5) is 26.1. The third-order valence-corrected chi connectivity index (χ3v) is 17.4. The monoisotopic (exact) mass is 886 g/mol. The Hall–Kier alpha value is -3.84. The number of hydrogen-bond donors (Lipinski definition) is 4. The number of Topliss-reactive ketones (excluding diaryl/α,β-unsaturated/α-hetero) is 2. The van der Waals surface area contributed by atoms with Gasteiger partial charge < -0.3 is 19.0 Å². The van der Waals surface area contributed by atoms with Crippen LogP contribution in [-0.4, -0.2) is 41.7 Å². The molecule has 4 atom stereocenters. The number of ketones is 2. The summed E-state index contributed by atoms with van der Waals surface area (Å²) in [5.41, 5.74) is 8.62. The van der Waals surface area contributed by atoms with Crippen LogP contribution in [0.15, 0.2) is 67.9 Å². The molecule has 0 aliphatic heterocycles. The minimum absolute atomic E-state index is 0.0423. The number of aliphatic hydroxyl groups is 2. The van der Waals surface area contributed by atoms with Gasteiger partial charge in [-0.1, -0.05) is 51.0 Å². The summed E-state index contributed by atoms with van der Waals surface area (Å²) in [5.74, 6) is 1.07. The van der Waals surface area contributed by atoms with E-state index in [-0.39, 0.29) is 46.1 Å². The molecule has 2 fully saturated rings. The maximum absolute atomic E-state index is 13.0. The fraction of sp³-hybridized carbons (Fsp3) is 0.560.